The maximum Gasteiger partial charge on any atom is 0.324 e. The SMILES string of the molecule is COc1nc(NC(=NS(=O)(=O)Cc2ccccc2Cl)NOCc2ccccc2)nc(OC)n1. The van der Waals surface area contributed by atoms with E-state index in [-0.39, 0.29) is 30.5 Å². The highest BCUT2D eigenvalue weighted by Gasteiger charge is 2.17. The number of hydroxylamine groups is 1. The monoisotopic (exact) mass is 492 g/mol. The first-order valence-electron chi connectivity index (χ1n) is 9.47. The van der Waals surface area contributed by atoms with E-state index >= 15 is 0 Å². The molecule has 1 aromatic heterocycles. The first-order chi connectivity index (χ1) is 15.9. The van der Waals surface area contributed by atoms with Gasteiger partial charge in [-0.3, -0.25) is 10.2 Å². The molecule has 11 nitrogen and oxygen atoms in total. The first-order valence-corrected chi connectivity index (χ1v) is 11.5. The van der Waals surface area contributed by atoms with E-state index in [0.717, 1.165) is 5.56 Å². The quantitative estimate of drug-likeness (QED) is 0.260. The Morgan fingerprint density at radius 2 is 1.61 bits per heavy atom. The fourth-order valence-electron chi connectivity index (χ4n) is 2.49. The van der Waals surface area contributed by atoms with Gasteiger partial charge in [0.1, 0.15) is 0 Å². The third-order valence-corrected chi connectivity index (χ3v) is 5.47. The lowest BCUT2D eigenvalue weighted by Gasteiger charge is -2.12. The Kier molecular flexibility index (Phi) is 8.35. The highest BCUT2D eigenvalue weighted by atomic mass is 35.5. The number of aromatic nitrogens is 3. The van der Waals surface area contributed by atoms with E-state index in [4.69, 9.17) is 25.9 Å². The maximum absolute atomic E-state index is 12.7. The Labute approximate surface area is 195 Å². The van der Waals surface area contributed by atoms with Crippen LogP contribution < -0.4 is 20.3 Å². The fourth-order valence-corrected chi connectivity index (χ4v) is 3.85. The molecule has 0 aliphatic heterocycles. The van der Waals surface area contributed by atoms with Gasteiger partial charge in [0.25, 0.3) is 10.0 Å². The molecule has 174 valence electrons. The molecule has 0 aliphatic rings. The number of sulfonamides is 1. The predicted molar refractivity (Wildman–Crippen MR) is 122 cm³/mol. The van der Waals surface area contributed by atoms with Gasteiger partial charge in [0, 0.05) is 5.02 Å². The molecule has 2 N–H and O–H groups in total. The minimum absolute atomic E-state index is 0.0483. The van der Waals surface area contributed by atoms with Gasteiger partial charge in [-0.25, -0.2) is 13.9 Å². The van der Waals surface area contributed by atoms with Gasteiger partial charge < -0.3 is 9.47 Å². The van der Waals surface area contributed by atoms with Crippen molar-refractivity contribution in [3.63, 3.8) is 0 Å². The summed E-state index contributed by atoms with van der Waals surface area (Å²) in [6.07, 6.45) is 0. The van der Waals surface area contributed by atoms with Gasteiger partial charge >= 0.3 is 12.0 Å². The number of ether oxygens (including phenoxy) is 2. The second-order valence-electron chi connectivity index (χ2n) is 6.39. The zero-order chi connectivity index (χ0) is 23.7. The largest absolute Gasteiger partial charge is 0.467 e. The molecule has 0 saturated heterocycles. The topological polar surface area (TPSA) is 137 Å². The summed E-state index contributed by atoms with van der Waals surface area (Å²) < 4.78 is 39.3. The molecular weight excluding hydrogens is 472 g/mol. The van der Waals surface area contributed by atoms with Gasteiger partial charge in [-0.15, -0.1) is 9.38 Å². The molecule has 0 fully saturated rings. The normalized spacial score (nSPS) is 11.7. The van der Waals surface area contributed by atoms with Crippen molar-refractivity contribution in [2.45, 2.75) is 12.4 Å². The van der Waals surface area contributed by atoms with Crippen molar-refractivity contribution in [2.24, 2.45) is 4.40 Å². The van der Waals surface area contributed by atoms with E-state index in [9.17, 15) is 8.42 Å². The van der Waals surface area contributed by atoms with Gasteiger partial charge in [-0.05, 0) is 17.2 Å². The van der Waals surface area contributed by atoms with Crippen LogP contribution in [0.15, 0.2) is 59.0 Å². The summed E-state index contributed by atoms with van der Waals surface area (Å²) in [4.78, 5) is 17.3. The molecule has 0 aliphatic carbocycles. The van der Waals surface area contributed by atoms with Crippen LogP contribution in [0.25, 0.3) is 0 Å². The van der Waals surface area contributed by atoms with Crippen LogP contribution in [-0.4, -0.2) is 43.5 Å². The third kappa shape index (κ3) is 7.56. The van der Waals surface area contributed by atoms with Crippen molar-refractivity contribution >= 4 is 33.5 Å². The van der Waals surface area contributed by atoms with Gasteiger partial charge in [0.15, 0.2) is 0 Å². The Hall–Kier alpha value is -3.48. The summed E-state index contributed by atoms with van der Waals surface area (Å²) in [5.41, 5.74) is 3.75. The molecule has 0 atom stereocenters. The lowest BCUT2D eigenvalue weighted by Crippen LogP contribution is -2.32. The minimum Gasteiger partial charge on any atom is -0.467 e. The van der Waals surface area contributed by atoms with Crippen molar-refractivity contribution in [2.75, 3.05) is 19.5 Å². The molecule has 3 aromatic rings. The zero-order valence-electron chi connectivity index (χ0n) is 17.7. The average molecular weight is 493 g/mol. The second-order valence-corrected chi connectivity index (χ2v) is 8.43. The first kappa shape index (κ1) is 24.2. The van der Waals surface area contributed by atoms with Gasteiger partial charge in [0.2, 0.25) is 11.9 Å². The smallest absolute Gasteiger partial charge is 0.324 e. The third-order valence-electron chi connectivity index (χ3n) is 3.97. The van der Waals surface area contributed by atoms with Gasteiger partial charge in [-0.2, -0.15) is 9.97 Å². The summed E-state index contributed by atoms with van der Waals surface area (Å²) in [5, 5.41) is 2.96. The Morgan fingerprint density at radius 1 is 0.970 bits per heavy atom. The van der Waals surface area contributed by atoms with Crippen molar-refractivity contribution in [3.05, 3.63) is 70.7 Å². The van der Waals surface area contributed by atoms with Crippen LogP contribution >= 0.6 is 11.6 Å². The number of hydrogen-bond acceptors (Lipinski definition) is 8. The maximum atomic E-state index is 12.7. The predicted octanol–water partition coefficient (Wildman–Crippen LogP) is 2.56. The summed E-state index contributed by atoms with van der Waals surface area (Å²) >= 11 is 6.09. The number of anilines is 1. The number of methoxy groups -OCH3 is 2. The standard InChI is InChI=1S/C20H21ClN6O5S/c1-30-19-23-17(24-20(25-19)31-2)22-18(26-32-12-14-8-4-3-5-9-14)27-33(28,29)13-15-10-6-7-11-16(15)21/h3-11H,12-13H2,1-2H3,(H2,22,23,24,25,26,27). The molecular formula is C20H21ClN6O5S. The molecule has 0 spiro atoms. The van der Waals surface area contributed by atoms with Crippen LogP contribution in [0.3, 0.4) is 0 Å². The van der Waals surface area contributed by atoms with Crippen LogP contribution in [0.1, 0.15) is 11.1 Å². The molecule has 1 heterocycles. The number of guanidine groups is 1. The summed E-state index contributed by atoms with van der Waals surface area (Å²) in [6.45, 7) is 0.135. The highest BCUT2D eigenvalue weighted by molar-refractivity contribution is 7.89. The van der Waals surface area contributed by atoms with Gasteiger partial charge in [0.05, 0.1) is 26.6 Å². The zero-order valence-corrected chi connectivity index (χ0v) is 19.3. The van der Waals surface area contributed by atoms with Crippen LogP contribution in [0, 0.1) is 0 Å². The average Bonchev–Trinajstić information content (AvgIpc) is 2.80. The molecule has 0 bridgehead atoms. The van der Waals surface area contributed by atoms with E-state index in [2.05, 4.69) is 30.1 Å². The number of benzene rings is 2. The van der Waals surface area contributed by atoms with Crippen molar-refractivity contribution in [1.29, 1.82) is 0 Å². The summed E-state index contributed by atoms with van der Waals surface area (Å²) in [5.74, 6) is -0.795. The van der Waals surface area contributed by atoms with Crippen molar-refractivity contribution in [1.82, 2.24) is 20.4 Å². The number of nitrogens with zero attached hydrogens (tertiary/aromatic N) is 4. The number of hydrogen-bond donors (Lipinski definition) is 2. The lowest BCUT2D eigenvalue weighted by molar-refractivity contribution is 0.0712. The van der Waals surface area contributed by atoms with E-state index in [1.165, 1.54) is 14.2 Å². The van der Waals surface area contributed by atoms with Crippen LogP contribution in [0.2, 0.25) is 5.02 Å². The van der Waals surface area contributed by atoms with Crippen LogP contribution in [-0.2, 0) is 27.2 Å². The molecule has 0 radical (unpaired) electrons. The van der Waals surface area contributed by atoms with Crippen LogP contribution in [0.4, 0.5) is 5.95 Å². The molecule has 0 amide bonds. The Bertz CT molecular complexity index is 1190. The molecule has 0 unspecified atom stereocenters. The van der Waals surface area contributed by atoms with Gasteiger partial charge in [-0.1, -0.05) is 60.1 Å². The lowest BCUT2D eigenvalue weighted by atomic mass is 10.2. The number of rotatable bonds is 9. The number of nitrogens with one attached hydrogen (secondary N) is 2. The molecule has 13 heteroatoms. The Morgan fingerprint density at radius 3 is 2.24 bits per heavy atom. The van der Waals surface area contributed by atoms with Crippen molar-refractivity contribution < 1.29 is 22.7 Å². The van der Waals surface area contributed by atoms with E-state index < -0.39 is 15.8 Å². The summed E-state index contributed by atoms with van der Waals surface area (Å²) in [6, 6.07) is 15.8. The number of halogens is 1. The van der Waals surface area contributed by atoms with E-state index in [1.807, 2.05) is 30.3 Å². The van der Waals surface area contributed by atoms with Crippen molar-refractivity contribution in [3.8, 4) is 12.0 Å². The second kappa shape index (κ2) is 11.4. The molecule has 3 rings (SSSR count). The molecule has 0 saturated carbocycles. The van der Waals surface area contributed by atoms with Crippen LogP contribution in [0.5, 0.6) is 12.0 Å². The Balaban J connectivity index is 1.84. The summed E-state index contributed by atoms with van der Waals surface area (Å²) in [7, 11) is -1.31. The van der Waals surface area contributed by atoms with E-state index in [0.29, 0.717) is 10.6 Å². The fraction of sp³-hybridized carbons (Fsp3) is 0.200. The van der Waals surface area contributed by atoms with E-state index in [1.54, 1.807) is 24.3 Å². The molecule has 2 aromatic carbocycles. The highest BCUT2D eigenvalue weighted by Crippen LogP contribution is 2.19. The molecule has 33 heavy (non-hydrogen) atoms. The minimum atomic E-state index is -4.04.